The Morgan fingerprint density at radius 3 is 0.887 bits per heavy atom. The topological polar surface area (TPSA) is 34.2 Å². The summed E-state index contributed by atoms with van der Waals surface area (Å²) in [5.41, 5.74) is 5.15. The number of anilines is 6. The van der Waals surface area contributed by atoms with Crippen molar-refractivity contribution in [2.75, 3.05) is 9.80 Å². The maximum Gasteiger partial charge on any atom is 0.416 e. The minimum Gasteiger partial charge on any atom is -0.458 e. The summed E-state index contributed by atoms with van der Waals surface area (Å²) < 4.78 is 105. The molecule has 0 saturated carbocycles. The Hall–Kier alpha value is -7.60. The highest BCUT2D eigenvalue weighted by Gasteiger charge is 2.49. The lowest BCUT2D eigenvalue weighted by atomic mass is 9.33. The Morgan fingerprint density at radius 2 is 0.597 bits per heavy atom. The van der Waals surface area contributed by atoms with Gasteiger partial charge < -0.3 is 24.0 Å². The molecule has 12 heteroatoms. The molecule has 62 heavy (non-hydrogen) atoms. The van der Waals surface area contributed by atoms with Crippen LogP contribution < -0.4 is 40.4 Å². The monoisotopic (exact) mass is 830 g/mol. The number of nitrogens with zero attached hydrogens (tertiary/aromatic N) is 2. The van der Waals surface area contributed by atoms with Crippen molar-refractivity contribution >= 4 is 57.2 Å². The van der Waals surface area contributed by atoms with E-state index in [1.165, 1.54) is 0 Å². The van der Waals surface area contributed by atoms with Gasteiger partial charge in [-0.25, -0.2) is 0 Å². The summed E-state index contributed by atoms with van der Waals surface area (Å²) >= 11 is 0. The maximum atomic E-state index is 14.4. The molecule has 11 rings (SSSR count). The lowest BCUT2D eigenvalue weighted by molar-refractivity contribution is -0.138. The van der Waals surface area contributed by atoms with Gasteiger partial charge in [-0.2, -0.15) is 26.3 Å². The highest BCUT2D eigenvalue weighted by molar-refractivity contribution is 6.99. The maximum absolute atomic E-state index is 14.4. The molecular formula is C50H29BF6N2O3. The lowest BCUT2D eigenvalue weighted by Crippen LogP contribution is -2.59. The van der Waals surface area contributed by atoms with Crippen molar-refractivity contribution in [1.82, 2.24) is 0 Å². The zero-order valence-electron chi connectivity index (χ0n) is 32.2. The lowest BCUT2D eigenvalue weighted by Gasteiger charge is -2.38. The van der Waals surface area contributed by atoms with Crippen LogP contribution in [0.15, 0.2) is 176 Å². The molecule has 0 spiro atoms. The number of halogens is 6. The van der Waals surface area contributed by atoms with Crippen LogP contribution in [0.3, 0.4) is 0 Å². The predicted octanol–water partition coefficient (Wildman–Crippen LogP) is 13.2. The predicted molar refractivity (Wildman–Crippen MR) is 229 cm³/mol. The van der Waals surface area contributed by atoms with Crippen LogP contribution in [-0.4, -0.2) is 6.71 Å². The number of alkyl halides is 6. The highest BCUT2D eigenvalue weighted by Crippen LogP contribution is 2.49. The number of para-hydroxylation sites is 4. The van der Waals surface area contributed by atoms with E-state index in [2.05, 4.69) is 15.9 Å². The summed E-state index contributed by atoms with van der Waals surface area (Å²) in [5.74, 6) is -0.278. The van der Waals surface area contributed by atoms with Crippen LogP contribution in [-0.2, 0) is 12.4 Å². The molecule has 8 aromatic rings. The van der Waals surface area contributed by atoms with Gasteiger partial charge in [0.2, 0.25) is 0 Å². The van der Waals surface area contributed by atoms with Crippen LogP contribution in [0.1, 0.15) is 11.1 Å². The molecule has 302 valence electrons. The first-order chi connectivity index (χ1) is 30.0. The second kappa shape index (κ2) is 14.0. The van der Waals surface area contributed by atoms with Gasteiger partial charge in [0.05, 0.1) is 11.1 Å². The molecule has 5 nitrogen and oxygen atoms in total. The molecular weight excluding hydrogens is 801 g/mol. The van der Waals surface area contributed by atoms with Gasteiger partial charge in [-0.15, -0.1) is 0 Å². The van der Waals surface area contributed by atoms with E-state index in [1.807, 2.05) is 133 Å². The van der Waals surface area contributed by atoms with E-state index in [0.29, 0.717) is 16.6 Å². The van der Waals surface area contributed by atoms with E-state index < -0.39 is 30.2 Å². The Morgan fingerprint density at radius 1 is 0.323 bits per heavy atom. The summed E-state index contributed by atoms with van der Waals surface area (Å²) in [4.78, 5) is 4.23. The van der Waals surface area contributed by atoms with E-state index in [0.717, 1.165) is 58.4 Å². The fourth-order valence-electron chi connectivity index (χ4n) is 8.67. The van der Waals surface area contributed by atoms with Gasteiger partial charge in [-0.3, -0.25) is 0 Å². The summed E-state index contributed by atoms with van der Waals surface area (Å²) in [5, 5.41) is 0. The van der Waals surface area contributed by atoms with Crippen molar-refractivity contribution in [3.63, 3.8) is 0 Å². The van der Waals surface area contributed by atoms with Crippen molar-refractivity contribution in [1.29, 1.82) is 0 Å². The Bertz CT molecular complexity index is 2760. The third-order valence-electron chi connectivity index (χ3n) is 11.3. The first-order valence-corrected chi connectivity index (χ1v) is 19.7. The van der Waals surface area contributed by atoms with Crippen molar-refractivity contribution in [3.8, 4) is 45.6 Å². The number of hydrogen-bond acceptors (Lipinski definition) is 5. The van der Waals surface area contributed by atoms with Crippen LogP contribution in [0.4, 0.5) is 60.5 Å². The standard InChI is InChI=1S/C50H29BF6N2O3/c52-49(53,54)32-25-42-47-44(27-32)62-45-28-33(50(55,56)57)26-43-48(45)51(47)46-40(60-42)23-31(24-41(46)61-43)30-21-38(58(34-13-5-1-6-14-34)35-15-7-2-8-16-35)29-39(22-30)59(36-17-9-3-10-18-36)37-19-11-4-12-20-37/h1-29H. The minimum absolute atomic E-state index is 0.109. The smallest absolute Gasteiger partial charge is 0.416 e. The highest BCUT2D eigenvalue weighted by atomic mass is 19.4. The molecule has 3 aliphatic rings. The number of benzene rings is 8. The summed E-state index contributed by atoms with van der Waals surface area (Å²) in [7, 11) is 0. The van der Waals surface area contributed by atoms with Crippen LogP contribution >= 0.6 is 0 Å². The molecule has 0 aliphatic carbocycles. The zero-order chi connectivity index (χ0) is 42.3. The van der Waals surface area contributed by atoms with Gasteiger partial charge in [0.1, 0.15) is 34.5 Å². The Balaban J connectivity index is 1.17. The molecule has 0 amide bonds. The molecule has 0 fully saturated rings. The third-order valence-corrected chi connectivity index (χ3v) is 11.3. The van der Waals surface area contributed by atoms with Gasteiger partial charge in [0.15, 0.2) is 0 Å². The molecule has 0 unspecified atom stereocenters. The van der Waals surface area contributed by atoms with E-state index >= 15 is 0 Å². The van der Waals surface area contributed by atoms with Crippen molar-refractivity contribution in [2.45, 2.75) is 12.4 Å². The number of hydrogen-bond donors (Lipinski definition) is 0. The second-order valence-corrected chi connectivity index (χ2v) is 15.1. The molecule has 3 heterocycles. The van der Waals surface area contributed by atoms with Crippen LogP contribution in [0.25, 0.3) is 11.1 Å². The van der Waals surface area contributed by atoms with Crippen molar-refractivity contribution in [2.24, 2.45) is 0 Å². The molecule has 0 saturated heterocycles. The van der Waals surface area contributed by atoms with E-state index in [1.54, 1.807) is 12.1 Å². The van der Waals surface area contributed by atoms with Gasteiger partial charge >= 0.3 is 12.4 Å². The summed E-state index contributed by atoms with van der Waals surface area (Å²) in [6.07, 6.45) is -9.60. The first kappa shape index (κ1) is 37.4. The number of ether oxygens (including phenoxy) is 3. The molecule has 0 radical (unpaired) electrons. The van der Waals surface area contributed by atoms with E-state index in [9.17, 15) is 26.3 Å². The average Bonchev–Trinajstić information content (AvgIpc) is 3.27. The van der Waals surface area contributed by atoms with E-state index in [4.69, 9.17) is 14.2 Å². The quantitative estimate of drug-likeness (QED) is 0.118. The molecule has 0 bridgehead atoms. The SMILES string of the molecule is FC(F)(F)c1cc2c3c(c1)Oc1cc(C(F)(F)F)cc4c1B3c1c(cc(-c3cc(N(c5ccccc5)c5ccccc5)cc(N(c5ccccc5)c5ccccc5)c3)cc1O4)O2. The number of rotatable bonds is 7. The Kier molecular flexibility index (Phi) is 8.44. The molecule has 8 aromatic carbocycles. The van der Waals surface area contributed by atoms with Crippen molar-refractivity contribution in [3.05, 3.63) is 187 Å². The zero-order valence-corrected chi connectivity index (χ0v) is 32.2. The van der Waals surface area contributed by atoms with Gasteiger partial charge in [0.25, 0.3) is 6.71 Å². The second-order valence-electron chi connectivity index (χ2n) is 15.1. The molecule has 0 atom stereocenters. The Labute approximate surface area is 351 Å². The van der Waals surface area contributed by atoms with E-state index in [-0.39, 0.29) is 45.4 Å². The minimum atomic E-state index is -4.80. The average molecular weight is 831 g/mol. The summed E-state index contributed by atoms with van der Waals surface area (Å²) in [6.45, 7) is -0.829. The largest absolute Gasteiger partial charge is 0.458 e. The molecule has 0 aromatic heterocycles. The van der Waals surface area contributed by atoms with Crippen molar-refractivity contribution < 1.29 is 40.6 Å². The molecule has 3 aliphatic heterocycles. The van der Waals surface area contributed by atoms with Crippen LogP contribution in [0.2, 0.25) is 0 Å². The molecule has 0 N–H and O–H groups in total. The van der Waals surface area contributed by atoms with Gasteiger partial charge in [0, 0.05) is 50.5 Å². The third kappa shape index (κ3) is 6.29. The fraction of sp³-hybridized carbons (Fsp3) is 0.0400. The van der Waals surface area contributed by atoms with Gasteiger partial charge in [-0.05, 0) is 114 Å². The first-order valence-electron chi connectivity index (χ1n) is 19.7. The fourth-order valence-corrected chi connectivity index (χ4v) is 8.67. The summed E-state index contributed by atoms with van der Waals surface area (Å²) in [6, 6.07) is 52.5. The normalized spacial score (nSPS) is 13.0. The van der Waals surface area contributed by atoms with Crippen LogP contribution in [0.5, 0.6) is 34.5 Å². The van der Waals surface area contributed by atoms with Crippen LogP contribution in [0, 0.1) is 0 Å². The van der Waals surface area contributed by atoms with Gasteiger partial charge in [-0.1, -0.05) is 72.8 Å².